The van der Waals surface area contributed by atoms with Gasteiger partial charge < -0.3 is 19.8 Å². The molecule has 1 aromatic heterocycles. The SMILES string of the molecule is NC(=O)COc1ccc(/C=C/C(=O)N(Cc2ccccc2)Cc2ccco2)cc1. The van der Waals surface area contributed by atoms with Gasteiger partial charge in [0.25, 0.3) is 5.91 Å². The van der Waals surface area contributed by atoms with Crippen molar-refractivity contribution >= 4 is 17.9 Å². The second-order valence-electron chi connectivity index (χ2n) is 6.42. The molecule has 0 aliphatic rings. The summed E-state index contributed by atoms with van der Waals surface area (Å²) in [6, 6.07) is 20.5. The fraction of sp³-hybridized carbons (Fsp3) is 0.130. The minimum absolute atomic E-state index is 0.126. The Morgan fingerprint density at radius 2 is 1.72 bits per heavy atom. The summed E-state index contributed by atoms with van der Waals surface area (Å²) in [4.78, 5) is 25.3. The maximum absolute atomic E-state index is 12.8. The van der Waals surface area contributed by atoms with Crippen molar-refractivity contribution < 1.29 is 18.7 Å². The molecule has 0 aliphatic heterocycles. The van der Waals surface area contributed by atoms with Gasteiger partial charge in [0.05, 0.1) is 12.8 Å². The molecule has 0 fully saturated rings. The van der Waals surface area contributed by atoms with E-state index in [-0.39, 0.29) is 12.5 Å². The molecule has 148 valence electrons. The van der Waals surface area contributed by atoms with Crippen LogP contribution in [0.4, 0.5) is 0 Å². The lowest BCUT2D eigenvalue weighted by molar-refractivity contribution is -0.127. The maximum atomic E-state index is 12.8. The van der Waals surface area contributed by atoms with Gasteiger partial charge in [0.15, 0.2) is 6.61 Å². The van der Waals surface area contributed by atoms with Crippen LogP contribution in [-0.2, 0) is 22.7 Å². The molecule has 0 saturated carbocycles. The van der Waals surface area contributed by atoms with Gasteiger partial charge in [-0.2, -0.15) is 0 Å². The summed E-state index contributed by atoms with van der Waals surface area (Å²) in [7, 11) is 0. The summed E-state index contributed by atoms with van der Waals surface area (Å²) in [5, 5.41) is 0. The Morgan fingerprint density at radius 3 is 2.38 bits per heavy atom. The smallest absolute Gasteiger partial charge is 0.255 e. The minimum atomic E-state index is -0.533. The van der Waals surface area contributed by atoms with Crippen molar-refractivity contribution in [3.05, 3.63) is 96.0 Å². The Labute approximate surface area is 169 Å². The maximum Gasteiger partial charge on any atom is 0.255 e. The van der Waals surface area contributed by atoms with Gasteiger partial charge in [-0.15, -0.1) is 0 Å². The third kappa shape index (κ3) is 6.39. The van der Waals surface area contributed by atoms with Crippen molar-refractivity contribution in [1.82, 2.24) is 4.90 Å². The Hall–Kier alpha value is -3.80. The number of ether oxygens (including phenoxy) is 1. The van der Waals surface area contributed by atoms with E-state index >= 15 is 0 Å². The highest BCUT2D eigenvalue weighted by molar-refractivity contribution is 5.91. The number of nitrogens with two attached hydrogens (primary N) is 1. The first-order chi connectivity index (χ1) is 14.1. The highest BCUT2D eigenvalue weighted by atomic mass is 16.5. The van der Waals surface area contributed by atoms with Gasteiger partial charge in [0.2, 0.25) is 5.91 Å². The molecule has 0 aliphatic carbocycles. The second-order valence-corrected chi connectivity index (χ2v) is 6.42. The summed E-state index contributed by atoms with van der Waals surface area (Å²) >= 11 is 0. The van der Waals surface area contributed by atoms with Gasteiger partial charge >= 0.3 is 0 Å². The average Bonchev–Trinajstić information content (AvgIpc) is 3.24. The highest BCUT2D eigenvalue weighted by Crippen LogP contribution is 2.15. The fourth-order valence-corrected chi connectivity index (χ4v) is 2.71. The molecule has 29 heavy (non-hydrogen) atoms. The molecule has 0 radical (unpaired) electrons. The number of nitrogens with zero attached hydrogens (tertiary/aromatic N) is 1. The number of carbonyl (C=O) groups is 2. The molecule has 6 nitrogen and oxygen atoms in total. The second kappa shape index (κ2) is 9.94. The summed E-state index contributed by atoms with van der Waals surface area (Å²) in [5.41, 5.74) is 6.93. The van der Waals surface area contributed by atoms with Crippen LogP contribution in [0.1, 0.15) is 16.9 Å². The number of rotatable bonds is 9. The van der Waals surface area contributed by atoms with Crippen molar-refractivity contribution in [3.8, 4) is 5.75 Å². The van der Waals surface area contributed by atoms with Crippen LogP contribution in [0.5, 0.6) is 5.75 Å². The van der Waals surface area contributed by atoms with Crippen LogP contribution in [0.3, 0.4) is 0 Å². The molecule has 3 aromatic rings. The highest BCUT2D eigenvalue weighted by Gasteiger charge is 2.13. The third-order valence-electron chi connectivity index (χ3n) is 4.13. The molecule has 6 heteroatoms. The molecule has 2 aromatic carbocycles. The summed E-state index contributed by atoms with van der Waals surface area (Å²) in [5.74, 6) is 0.600. The number of benzene rings is 2. The van der Waals surface area contributed by atoms with Gasteiger partial charge in [-0.25, -0.2) is 0 Å². The normalized spacial score (nSPS) is 10.8. The summed E-state index contributed by atoms with van der Waals surface area (Å²) in [6.07, 6.45) is 4.86. The molecule has 0 unspecified atom stereocenters. The van der Waals surface area contributed by atoms with Gasteiger partial charge in [-0.05, 0) is 41.5 Å². The van der Waals surface area contributed by atoms with Gasteiger partial charge in [0.1, 0.15) is 11.5 Å². The number of carbonyl (C=O) groups excluding carboxylic acids is 2. The summed E-state index contributed by atoms with van der Waals surface area (Å²) < 4.78 is 10.6. The van der Waals surface area contributed by atoms with E-state index in [4.69, 9.17) is 14.9 Å². The van der Waals surface area contributed by atoms with Crippen molar-refractivity contribution in [3.63, 3.8) is 0 Å². The molecule has 0 saturated heterocycles. The Morgan fingerprint density at radius 1 is 0.966 bits per heavy atom. The number of hydrogen-bond donors (Lipinski definition) is 1. The zero-order chi connectivity index (χ0) is 20.5. The number of amides is 2. The minimum Gasteiger partial charge on any atom is -0.484 e. The van der Waals surface area contributed by atoms with E-state index in [1.54, 1.807) is 47.6 Å². The molecular weight excluding hydrogens is 368 g/mol. The van der Waals surface area contributed by atoms with Gasteiger partial charge in [-0.1, -0.05) is 42.5 Å². The van der Waals surface area contributed by atoms with Crippen LogP contribution in [0.25, 0.3) is 6.08 Å². The largest absolute Gasteiger partial charge is 0.484 e. The first kappa shape index (κ1) is 19.9. The fourth-order valence-electron chi connectivity index (χ4n) is 2.71. The van der Waals surface area contributed by atoms with Crippen LogP contribution < -0.4 is 10.5 Å². The third-order valence-corrected chi connectivity index (χ3v) is 4.13. The molecule has 1 heterocycles. The van der Waals surface area contributed by atoms with Crippen molar-refractivity contribution in [2.24, 2.45) is 5.73 Å². The Bertz CT molecular complexity index is 948. The molecule has 0 atom stereocenters. The van der Waals surface area contributed by atoms with E-state index < -0.39 is 5.91 Å². The lowest BCUT2D eigenvalue weighted by Gasteiger charge is -2.20. The van der Waals surface area contributed by atoms with Gasteiger partial charge in [0, 0.05) is 12.6 Å². The standard InChI is InChI=1S/C23H22N2O4/c24-22(26)17-29-20-11-8-18(9-12-20)10-13-23(27)25(16-21-7-4-14-28-21)15-19-5-2-1-3-6-19/h1-14H,15-17H2,(H2,24,26)/b13-10+. The van der Waals surface area contributed by atoms with Crippen LogP contribution >= 0.6 is 0 Å². The Balaban J connectivity index is 1.67. The van der Waals surface area contributed by atoms with Crippen molar-refractivity contribution in [1.29, 1.82) is 0 Å². The van der Waals surface area contributed by atoms with E-state index in [0.717, 1.165) is 16.9 Å². The lowest BCUT2D eigenvalue weighted by Crippen LogP contribution is -2.28. The molecule has 2 amide bonds. The molecule has 0 bridgehead atoms. The van der Waals surface area contributed by atoms with E-state index in [1.807, 2.05) is 36.4 Å². The molecule has 2 N–H and O–H groups in total. The van der Waals surface area contributed by atoms with Crippen LogP contribution in [0.2, 0.25) is 0 Å². The predicted molar refractivity (Wildman–Crippen MR) is 110 cm³/mol. The summed E-state index contributed by atoms with van der Waals surface area (Å²) in [6.45, 7) is 0.685. The van der Waals surface area contributed by atoms with Crippen LogP contribution in [0, 0.1) is 0 Å². The van der Waals surface area contributed by atoms with E-state index in [9.17, 15) is 9.59 Å². The topological polar surface area (TPSA) is 85.8 Å². The quantitative estimate of drug-likeness (QED) is 0.568. The molecular formula is C23H22N2O4. The Kier molecular flexibility index (Phi) is 6.84. The number of furan rings is 1. The van der Waals surface area contributed by atoms with Crippen LogP contribution in [0.15, 0.2) is 83.5 Å². The lowest BCUT2D eigenvalue weighted by atomic mass is 10.2. The zero-order valence-corrected chi connectivity index (χ0v) is 15.9. The average molecular weight is 390 g/mol. The van der Waals surface area contributed by atoms with E-state index in [2.05, 4.69) is 0 Å². The van der Waals surface area contributed by atoms with E-state index in [1.165, 1.54) is 6.08 Å². The van der Waals surface area contributed by atoms with Crippen molar-refractivity contribution in [2.75, 3.05) is 6.61 Å². The van der Waals surface area contributed by atoms with E-state index in [0.29, 0.717) is 18.8 Å². The molecule has 3 rings (SSSR count). The monoisotopic (exact) mass is 390 g/mol. The van der Waals surface area contributed by atoms with Crippen LogP contribution in [-0.4, -0.2) is 23.3 Å². The first-order valence-corrected chi connectivity index (χ1v) is 9.14. The zero-order valence-electron chi connectivity index (χ0n) is 15.9. The van der Waals surface area contributed by atoms with Crippen molar-refractivity contribution in [2.45, 2.75) is 13.1 Å². The predicted octanol–water partition coefficient (Wildman–Crippen LogP) is 3.39. The van der Waals surface area contributed by atoms with Gasteiger partial charge in [-0.3, -0.25) is 9.59 Å². The number of hydrogen-bond acceptors (Lipinski definition) is 4. The number of primary amides is 1. The molecule has 0 spiro atoms. The first-order valence-electron chi connectivity index (χ1n) is 9.14.